The molecule has 0 aliphatic heterocycles. The van der Waals surface area contributed by atoms with Crippen LogP contribution in [0.3, 0.4) is 0 Å². The summed E-state index contributed by atoms with van der Waals surface area (Å²) in [5, 5.41) is 28.3. The van der Waals surface area contributed by atoms with Crippen LogP contribution in [0, 0.1) is 0 Å². The van der Waals surface area contributed by atoms with E-state index >= 15 is 0 Å². The normalized spacial score (nSPS) is 9.88. The van der Waals surface area contributed by atoms with Gasteiger partial charge in [0.05, 0.1) is 19.7 Å². The van der Waals surface area contributed by atoms with Crippen LogP contribution in [0.15, 0.2) is 0 Å². The van der Waals surface area contributed by atoms with Crippen molar-refractivity contribution < 1.29 is 24.9 Å². The van der Waals surface area contributed by atoms with E-state index in [0.29, 0.717) is 19.6 Å². The number of rotatable bonds is 9. The molecule has 0 aromatic heterocycles. The van der Waals surface area contributed by atoms with E-state index in [1.54, 1.807) is 0 Å². The molecule has 8 heteroatoms. The quantitative estimate of drug-likeness (QED) is 0.260. The van der Waals surface area contributed by atoms with Crippen LogP contribution in [-0.2, 0) is 9.59 Å². The zero-order chi connectivity index (χ0) is 11.7. The van der Waals surface area contributed by atoms with Crippen LogP contribution < -0.4 is 5.32 Å². The first-order chi connectivity index (χ1) is 7.06. The molecule has 0 unspecified atom stereocenters. The van der Waals surface area contributed by atoms with Crippen LogP contribution in [0.5, 0.6) is 0 Å². The van der Waals surface area contributed by atoms with Crippen molar-refractivity contribution in [1.29, 1.82) is 0 Å². The number of nitrogens with zero attached hydrogens (tertiary/aromatic N) is 1. The Bertz CT molecular complexity index is 199. The minimum absolute atomic E-state index is 0. The van der Waals surface area contributed by atoms with E-state index in [1.807, 2.05) is 0 Å². The number of hydrogen-bond acceptors (Lipinski definition) is 5. The Morgan fingerprint density at radius 3 is 1.94 bits per heavy atom. The van der Waals surface area contributed by atoms with Gasteiger partial charge in [-0.05, 0) is 0 Å². The molecule has 0 fully saturated rings. The predicted octanol–water partition coefficient (Wildman–Crippen LogP) is -2.61. The molecule has 0 bridgehead atoms. The summed E-state index contributed by atoms with van der Waals surface area (Å²) in [4.78, 5) is 22.1. The predicted molar refractivity (Wildman–Crippen MR) is 58.8 cm³/mol. The molecule has 0 atom stereocenters. The standard InChI is InChI=1S/C8H16N2O5.Na.H/c11-4-2-9-1-3-10(5-7(12)13)6-8(14)15;;/h9,11H,1-6H2,(H,12,13)(H,14,15);;. The van der Waals surface area contributed by atoms with Crippen LogP contribution in [0.4, 0.5) is 0 Å². The van der Waals surface area contributed by atoms with Crippen molar-refractivity contribution in [3.05, 3.63) is 0 Å². The Balaban J connectivity index is 0. The summed E-state index contributed by atoms with van der Waals surface area (Å²) < 4.78 is 0. The van der Waals surface area contributed by atoms with Gasteiger partial charge in [0.15, 0.2) is 0 Å². The van der Waals surface area contributed by atoms with Crippen molar-refractivity contribution in [1.82, 2.24) is 10.2 Å². The van der Waals surface area contributed by atoms with Gasteiger partial charge in [-0.2, -0.15) is 0 Å². The molecule has 4 N–H and O–H groups in total. The molecule has 0 rings (SSSR count). The average Bonchev–Trinajstić information content (AvgIpc) is 2.10. The van der Waals surface area contributed by atoms with Gasteiger partial charge >= 0.3 is 41.5 Å². The number of aliphatic hydroxyl groups is 1. The summed E-state index contributed by atoms with van der Waals surface area (Å²) in [6.07, 6.45) is 0. The van der Waals surface area contributed by atoms with Gasteiger partial charge in [0.25, 0.3) is 0 Å². The molecule has 7 nitrogen and oxygen atoms in total. The van der Waals surface area contributed by atoms with Gasteiger partial charge in [-0.3, -0.25) is 14.5 Å². The van der Waals surface area contributed by atoms with Crippen molar-refractivity contribution in [2.75, 3.05) is 39.3 Å². The average molecular weight is 244 g/mol. The Morgan fingerprint density at radius 1 is 1.06 bits per heavy atom. The van der Waals surface area contributed by atoms with Crippen molar-refractivity contribution >= 4 is 41.5 Å². The monoisotopic (exact) mass is 244 g/mol. The molecule has 0 amide bonds. The second-order valence-electron chi connectivity index (χ2n) is 2.97. The molecule has 0 spiro atoms. The van der Waals surface area contributed by atoms with Gasteiger partial charge in [0.1, 0.15) is 0 Å². The molecule has 0 aromatic carbocycles. The maximum absolute atomic E-state index is 10.4. The van der Waals surface area contributed by atoms with Crippen molar-refractivity contribution in [2.24, 2.45) is 0 Å². The summed E-state index contributed by atoms with van der Waals surface area (Å²) in [5.74, 6) is -2.11. The summed E-state index contributed by atoms with van der Waals surface area (Å²) in [6.45, 7) is 0.575. The van der Waals surface area contributed by atoms with Gasteiger partial charge < -0.3 is 20.6 Å². The third kappa shape index (κ3) is 11.9. The topological polar surface area (TPSA) is 110 Å². The fourth-order valence-electron chi connectivity index (χ4n) is 1.04. The van der Waals surface area contributed by atoms with E-state index in [4.69, 9.17) is 15.3 Å². The molecule has 0 saturated heterocycles. The first-order valence-corrected chi connectivity index (χ1v) is 4.53. The van der Waals surface area contributed by atoms with Gasteiger partial charge in [-0.15, -0.1) is 0 Å². The SMILES string of the molecule is O=C(O)CN(CCNCCO)CC(=O)O.[NaH]. The number of carbonyl (C=O) groups is 2. The molecular weight excluding hydrogens is 227 g/mol. The third-order valence-corrected chi connectivity index (χ3v) is 1.61. The van der Waals surface area contributed by atoms with E-state index in [-0.39, 0.29) is 49.3 Å². The molecule has 16 heavy (non-hydrogen) atoms. The zero-order valence-electron chi connectivity index (χ0n) is 8.35. The summed E-state index contributed by atoms with van der Waals surface area (Å²) in [5.41, 5.74) is 0. The number of nitrogens with one attached hydrogen (secondary N) is 1. The number of hydrogen-bond donors (Lipinski definition) is 4. The van der Waals surface area contributed by atoms with Gasteiger partial charge in [0.2, 0.25) is 0 Å². The Morgan fingerprint density at radius 2 is 1.56 bits per heavy atom. The molecule has 0 aliphatic carbocycles. The molecule has 0 saturated carbocycles. The van der Waals surface area contributed by atoms with Crippen LogP contribution in [-0.4, -0.2) is 101 Å². The van der Waals surface area contributed by atoms with Crippen LogP contribution in [0.1, 0.15) is 0 Å². The zero-order valence-corrected chi connectivity index (χ0v) is 8.35. The molecule has 0 aliphatic rings. The molecule has 0 heterocycles. The van der Waals surface area contributed by atoms with E-state index in [2.05, 4.69) is 5.32 Å². The Hall–Kier alpha value is -0.180. The number of carboxylic acid groups (broad SMARTS) is 2. The van der Waals surface area contributed by atoms with Crippen molar-refractivity contribution in [2.45, 2.75) is 0 Å². The van der Waals surface area contributed by atoms with Gasteiger partial charge in [0, 0.05) is 19.6 Å². The third-order valence-electron chi connectivity index (χ3n) is 1.61. The van der Waals surface area contributed by atoms with Crippen molar-refractivity contribution in [3.63, 3.8) is 0 Å². The fraction of sp³-hybridized carbons (Fsp3) is 0.750. The van der Waals surface area contributed by atoms with Crippen LogP contribution in [0.2, 0.25) is 0 Å². The van der Waals surface area contributed by atoms with E-state index < -0.39 is 11.9 Å². The summed E-state index contributed by atoms with van der Waals surface area (Å²) >= 11 is 0. The maximum atomic E-state index is 10.4. The second kappa shape index (κ2) is 11.3. The molecule has 0 aromatic rings. The Kier molecular flexibility index (Phi) is 12.9. The molecular formula is C8H17N2NaO5. The first-order valence-electron chi connectivity index (χ1n) is 4.53. The number of aliphatic carboxylic acids is 2. The van der Waals surface area contributed by atoms with Gasteiger partial charge in [-0.1, -0.05) is 0 Å². The summed E-state index contributed by atoms with van der Waals surface area (Å²) in [6, 6.07) is 0. The number of aliphatic hydroxyl groups excluding tert-OH is 1. The summed E-state index contributed by atoms with van der Waals surface area (Å²) in [7, 11) is 0. The first kappa shape index (κ1) is 18.2. The Labute approximate surface area is 116 Å². The van der Waals surface area contributed by atoms with Crippen LogP contribution in [0.25, 0.3) is 0 Å². The minimum atomic E-state index is -1.06. The molecule has 90 valence electrons. The number of carboxylic acids is 2. The van der Waals surface area contributed by atoms with E-state index in [9.17, 15) is 9.59 Å². The van der Waals surface area contributed by atoms with E-state index in [0.717, 1.165) is 0 Å². The van der Waals surface area contributed by atoms with Gasteiger partial charge in [-0.25, -0.2) is 0 Å². The molecule has 0 radical (unpaired) electrons. The fourth-order valence-corrected chi connectivity index (χ4v) is 1.04. The second-order valence-corrected chi connectivity index (χ2v) is 2.97. The van der Waals surface area contributed by atoms with Crippen LogP contribution >= 0.6 is 0 Å². The van der Waals surface area contributed by atoms with E-state index in [1.165, 1.54) is 4.90 Å². The van der Waals surface area contributed by atoms with Crippen molar-refractivity contribution in [3.8, 4) is 0 Å².